The molecule has 1 atom stereocenters. The van der Waals surface area contributed by atoms with Gasteiger partial charge in [0.15, 0.2) is 0 Å². The number of carbonyl (C=O) groups excluding carboxylic acids is 1. The van der Waals surface area contributed by atoms with E-state index in [0.717, 1.165) is 0 Å². The number of nitrogens with zero attached hydrogens (tertiary/aromatic N) is 1. The van der Waals surface area contributed by atoms with Crippen molar-refractivity contribution in [1.29, 1.82) is 0 Å². The lowest BCUT2D eigenvalue weighted by Gasteiger charge is -2.17. The molecular weight excluding hydrogens is 376 g/mol. The minimum absolute atomic E-state index is 0.100. The quantitative estimate of drug-likeness (QED) is 0.480. The van der Waals surface area contributed by atoms with Crippen molar-refractivity contribution in [3.63, 3.8) is 0 Å². The summed E-state index contributed by atoms with van der Waals surface area (Å²) in [5, 5.41) is 19.2. The van der Waals surface area contributed by atoms with Crippen molar-refractivity contribution in [3.05, 3.63) is 89.5 Å². The first-order chi connectivity index (χ1) is 14.1. The number of nitrogens with one attached hydrogen (secondary N) is 2. The number of benzene rings is 3. The van der Waals surface area contributed by atoms with E-state index >= 15 is 4.39 Å². The SMILES string of the molecule is O=C(NC(CO)c1ccccc1)c1ccc2[nH]nc(-c3cccc(F)c3)c2c1F. The number of amides is 1. The van der Waals surface area contributed by atoms with Crippen LogP contribution in [0.2, 0.25) is 0 Å². The summed E-state index contributed by atoms with van der Waals surface area (Å²) in [7, 11) is 0. The van der Waals surface area contributed by atoms with Crippen LogP contribution in [0, 0.1) is 11.6 Å². The summed E-state index contributed by atoms with van der Waals surface area (Å²) in [5.74, 6) is -1.90. The van der Waals surface area contributed by atoms with Crippen LogP contribution in [0.1, 0.15) is 22.0 Å². The van der Waals surface area contributed by atoms with E-state index in [2.05, 4.69) is 15.5 Å². The molecule has 5 nitrogen and oxygen atoms in total. The Morgan fingerprint density at radius 1 is 1.07 bits per heavy atom. The summed E-state index contributed by atoms with van der Waals surface area (Å²) in [6.07, 6.45) is 0. The van der Waals surface area contributed by atoms with Gasteiger partial charge >= 0.3 is 0 Å². The molecule has 1 heterocycles. The number of aromatic nitrogens is 2. The van der Waals surface area contributed by atoms with Crippen LogP contribution >= 0.6 is 0 Å². The highest BCUT2D eigenvalue weighted by molar-refractivity contribution is 6.02. The molecule has 0 saturated heterocycles. The smallest absolute Gasteiger partial charge is 0.254 e. The van der Waals surface area contributed by atoms with Crippen LogP contribution in [0.25, 0.3) is 22.2 Å². The van der Waals surface area contributed by atoms with Gasteiger partial charge in [-0.15, -0.1) is 0 Å². The third-order valence-corrected chi connectivity index (χ3v) is 4.70. The molecule has 0 saturated carbocycles. The van der Waals surface area contributed by atoms with Gasteiger partial charge in [0, 0.05) is 5.56 Å². The van der Waals surface area contributed by atoms with Crippen LogP contribution in [0.5, 0.6) is 0 Å². The molecule has 4 rings (SSSR count). The molecule has 0 radical (unpaired) electrons. The zero-order valence-corrected chi connectivity index (χ0v) is 15.2. The summed E-state index contributed by atoms with van der Waals surface area (Å²) in [4.78, 5) is 12.7. The number of H-pyrrole nitrogens is 1. The average Bonchev–Trinajstić information content (AvgIpc) is 3.18. The molecule has 0 aliphatic rings. The van der Waals surface area contributed by atoms with Crippen molar-refractivity contribution in [2.45, 2.75) is 6.04 Å². The Morgan fingerprint density at radius 3 is 2.59 bits per heavy atom. The fourth-order valence-electron chi connectivity index (χ4n) is 3.25. The van der Waals surface area contributed by atoms with E-state index in [1.807, 2.05) is 6.07 Å². The topological polar surface area (TPSA) is 78.0 Å². The maximum absolute atomic E-state index is 15.3. The second-order valence-corrected chi connectivity index (χ2v) is 6.55. The van der Waals surface area contributed by atoms with Gasteiger partial charge < -0.3 is 10.4 Å². The normalized spacial score (nSPS) is 12.1. The van der Waals surface area contributed by atoms with Gasteiger partial charge in [-0.1, -0.05) is 42.5 Å². The Hall–Kier alpha value is -3.58. The number of hydrogen-bond donors (Lipinski definition) is 3. The first kappa shape index (κ1) is 18.8. The number of carbonyl (C=O) groups is 1. The van der Waals surface area contributed by atoms with E-state index in [1.165, 1.54) is 24.3 Å². The van der Waals surface area contributed by atoms with Crippen LogP contribution in [0.3, 0.4) is 0 Å². The molecule has 7 heteroatoms. The van der Waals surface area contributed by atoms with Crippen molar-refractivity contribution < 1.29 is 18.7 Å². The van der Waals surface area contributed by atoms with Gasteiger partial charge in [0.1, 0.15) is 17.3 Å². The zero-order valence-electron chi connectivity index (χ0n) is 15.2. The van der Waals surface area contributed by atoms with Gasteiger partial charge in [-0.25, -0.2) is 8.78 Å². The Bertz CT molecular complexity index is 1180. The van der Waals surface area contributed by atoms with Crippen molar-refractivity contribution in [2.24, 2.45) is 0 Å². The number of halogens is 2. The lowest BCUT2D eigenvalue weighted by atomic mass is 10.0. The molecule has 0 aliphatic heterocycles. The maximum atomic E-state index is 15.3. The van der Waals surface area contributed by atoms with E-state index in [1.54, 1.807) is 36.4 Å². The fourth-order valence-corrected chi connectivity index (χ4v) is 3.25. The number of aromatic amines is 1. The van der Waals surface area contributed by atoms with Crippen molar-refractivity contribution >= 4 is 16.8 Å². The molecule has 1 unspecified atom stereocenters. The predicted octanol–water partition coefficient (Wildman–Crippen LogP) is 3.97. The molecule has 4 aromatic rings. The second kappa shape index (κ2) is 7.81. The van der Waals surface area contributed by atoms with E-state index in [-0.39, 0.29) is 23.3 Å². The second-order valence-electron chi connectivity index (χ2n) is 6.55. The van der Waals surface area contributed by atoms with Crippen LogP contribution in [-0.2, 0) is 0 Å². The third kappa shape index (κ3) is 3.60. The molecule has 3 N–H and O–H groups in total. The standard InChI is InChI=1S/C22H17F2N3O2/c23-15-8-4-7-14(11-15)21-19-17(26-27-21)10-9-16(20(19)24)22(29)25-18(12-28)13-5-2-1-3-6-13/h1-11,18,28H,12H2,(H,25,29)(H,26,27). The lowest BCUT2D eigenvalue weighted by Crippen LogP contribution is -2.31. The number of aliphatic hydroxyl groups excluding tert-OH is 1. The minimum atomic E-state index is -0.766. The maximum Gasteiger partial charge on any atom is 0.254 e. The van der Waals surface area contributed by atoms with Gasteiger partial charge in [0.2, 0.25) is 0 Å². The van der Waals surface area contributed by atoms with Gasteiger partial charge in [-0.05, 0) is 29.8 Å². The van der Waals surface area contributed by atoms with E-state index in [0.29, 0.717) is 16.6 Å². The molecule has 0 fully saturated rings. The third-order valence-electron chi connectivity index (χ3n) is 4.70. The van der Waals surface area contributed by atoms with Crippen molar-refractivity contribution in [2.75, 3.05) is 6.61 Å². The van der Waals surface area contributed by atoms with Crippen LogP contribution in [-0.4, -0.2) is 27.8 Å². The highest BCUT2D eigenvalue weighted by Crippen LogP contribution is 2.30. The van der Waals surface area contributed by atoms with Crippen LogP contribution < -0.4 is 5.32 Å². The molecule has 0 spiro atoms. The number of fused-ring (bicyclic) bond motifs is 1. The minimum Gasteiger partial charge on any atom is -0.394 e. The average molecular weight is 393 g/mol. The van der Waals surface area contributed by atoms with Crippen molar-refractivity contribution in [3.8, 4) is 11.3 Å². The Labute approximate surface area is 165 Å². The summed E-state index contributed by atoms with van der Waals surface area (Å²) in [6.45, 7) is -0.333. The van der Waals surface area contributed by atoms with Gasteiger partial charge in [0.25, 0.3) is 5.91 Å². The Kier molecular flexibility index (Phi) is 5.05. The molecule has 146 valence electrons. The van der Waals surface area contributed by atoms with E-state index in [4.69, 9.17) is 0 Å². The highest BCUT2D eigenvalue weighted by atomic mass is 19.1. The predicted molar refractivity (Wildman–Crippen MR) is 105 cm³/mol. The summed E-state index contributed by atoms with van der Waals surface area (Å²) >= 11 is 0. The van der Waals surface area contributed by atoms with Crippen LogP contribution in [0.15, 0.2) is 66.7 Å². The van der Waals surface area contributed by atoms with Gasteiger partial charge in [-0.3, -0.25) is 9.89 Å². The molecule has 29 heavy (non-hydrogen) atoms. The van der Waals surface area contributed by atoms with Crippen LogP contribution in [0.4, 0.5) is 8.78 Å². The highest BCUT2D eigenvalue weighted by Gasteiger charge is 2.22. The monoisotopic (exact) mass is 393 g/mol. The van der Waals surface area contributed by atoms with Gasteiger partial charge in [-0.2, -0.15) is 5.10 Å². The largest absolute Gasteiger partial charge is 0.394 e. The van der Waals surface area contributed by atoms with E-state index in [9.17, 15) is 14.3 Å². The first-order valence-electron chi connectivity index (χ1n) is 8.97. The zero-order chi connectivity index (χ0) is 20.4. The van der Waals surface area contributed by atoms with E-state index < -0.39 is 23.6 Å². The van der Waals surface area contributed by atoms with Gasteiger partial charge in [0.05, 0.1) is 29.1 Å². The summed E-state index contributed by atoms with van der Waals surface area (Å²) in [5.41, 5.74) is 1.51. The molecule has 0 aliphatic carbocycles. The molecule has 1 aromatic heterocycles. The summed E-state index contributed by atoms with van der Waals surface area (Å²) < 4.78 is 28.9. The Morgan fingerprint density at radius 2 is 1.86 bits per heavy atom. The lowest BCUT2D eigenvalue weighted by molar-refractivity contribution is 0.0912. The molecule has 1 amide bonds. The molecule has 0 bridgehead atoms. The Balaban J connectivity index is 1.72. The molecular formula is C22H17F2N3O2. The number of aliphatic hydroxyl groups is 1. The summed E-state index contributed by atoms with van der Waals surface area (Å²) in [6, 6.07) is 16.8. The number of rotatable bonds is 5. The molecule has 3 aromatic carbocycles. The fraction of sp³-hybridized carbons (Fsp3) is 0.0909. The van der Waals surface area contributed by atoms with Crippen molar-refractivity contribution in [1.82, 2.24) is 15.5 Å². The first-order valence-corrected chi connectivity index (χ1v) is 8.97. The number of hydrogen-bond acceptors (Lipinski definition) is 3.